The highest BCUT2D eigenvalue weighted by molar-refractivity contribution is 7.80. The summed E-state index contributed by atoms with van der Waals surface area (Å²) in [6.07, 6.45) is 3.51. The van der Waals surface area contributed by atoms with Crippen LogP contribution in [0.25, 0.3) is 0 Å². The highest BCUT2D eigenvalue weighted by atomic mass is 32.1. The monoisotopic (exact) mass is 363 g/mol. The van der Waals surface area contributed by atoms with Crippen molar-refractivity contribution in [3.05, 3.63) is 35.9 Å². The van der Waals surface area contributed by atoms with E-state index >= 15 is 0 Å². The molecule has 0 amide bonds. The highest BCUT2D eigenvalue weighted by Gasteiger charge is 2.33. The van der Waals surface area contributed by atoms with Gasteiger partial charge in [-0.1, -0.05) is 49.5 Å². The van der Waals surface area contributed by atoms with Crippen molar-refractivity contribution in [3.8, 4) is 0 Å². The summed E-state index contributed by atoms with van der Waals surface area (Å²) in [4.78, 5) is 13.1. The van der Waals surface area contributed by atoms with Crippen molar-refractivity contribution in [2.75, 3.05) is 20.8 Å². The predicted octanol–water partition coefficient (Wildman–Crippen LogP) is 3.18. The van der Waals surface area contributed by atoms with E-state index in [1.807, 2.05) is 30.3 Å². The quantitative estimate of drug-likeness (QED) is 0.539. The van der Waals surface area contributed by atoms with Gasteiger partial charge in [0.2, 0.25) is 0 Å². The summed E-state index contributed by atoms with van der Waals surface area (Å²) in [5.74, 6) is -0.346. The van der Waals surface area contributed by atoms with Gasteiger partial charge in [0.15, 0.2) is 0 Å². The molecule has 1 fully saturated rings. The summed E-state index contributed by atoms with van der Waals surface area (Å²) >= 11 is 5.70. The Bertz CT molecular complexity index is 557. The maximum absolute atomic E-state index is 12.2. The third-order valence-corrected chi connectivity index (χ3v) is 5.61. The summed E-state index contributed by atoms with van der Waals surface area (Å²) in [5, 5.41) is 3.49. The summed E-state index contributed by atoms with van der Waals surface area (Å²) in [7, 11) is 3.18. The summed E-state index contributed by atoms with van der Waals surface area (Å²) in [6, 6.07) is 10.3. The minimum atomic E-state index is -0.253. The molecule has 25 heavy (non-hydrogen) atoms. The molecule has 0 spiro atoms. The fraction of sp³-hybridized carbons (Fsp3) is 0.600. The molecule has 2 rings (SSSR count). The van der Waals surface area contributed by atoms with E-state index in [9.17, 15) is 4.79 Å². The lowest BCUT2D eigenvalue weighted by Gasteiger charge is -2.29. The van der Waals surface area contributed by atoms with E-state index in [2.05, 4.69) is 12.2 Å². The smallest absolute Gasteiger partial charge is 0.309 e. The van der Waals surface area contributed by atoms with Crippen LogP contribution in [-0.2, 0) is 20.7 Å². The third-order valence-electron chi connectivity index (χ3n) is 5.07. The topological polar surface area (TPSA) is 47.6 Å². The molecule has 0 bridgehead atoms. The van der Waals surface area contributed by atoms with Crippen molar-refractivity contribution in [1.82, 2.24) is 5.32 Å². The average molecular weight is 364 g/mol. The second kappa shape index (κ2) is 10.00. The van der Waals surface area contributed by atoms with Gasteiger partial charge in [-0.15, -0.1) is 0 Å². The Morgan fingerprint density at radius 1 is 1.32 bits per heavy atom. The number of carbonyl (C=O) groups excluding carboxylic acids is 1. The van der Waals surface area contributed by atoms with Crippen molar-refractivity contribution < 1.29 is 14.3 Å². The Hall–Kier alpha value is -1.30. The lowest BCUT2D eigenvalue weighted by molar-refractivity contribution is -0.145. The molecule has 1 aromatic carbocycles. The van der Waals surface area contributed by atoms with Crippen molar-refractivity contribution in [3.63, 3.8) is 0 Å². The summed E-state index contributed by atoms with van der Waals surface area (Å²) in [6.45, 7) is 3.14. The van der Waals surface area contributed by atoms with Crippen LogP contribution in [0.2, 0.25) is 0 Å². The number of hydrogen-bond acceptors (Lipinski definition) is 5. The number of hydrogen-bond donors (Lipinski definition) is 1. The van der Waals surface area contributed by atoms with E-state index < -0.39 is 0 Å². The van der Waals surface area contributed by atoms with Crippen molar-refractivity contribution in [2.24, 2.45) is 11.8 Å². The Morgan fingerprint density at radius 3 is 2.60 bits per heavy atom. The molecule has 1 saturated heterocycles. The van der Waals surface area contributed by atoms with Gasteiger partial charge in [-0.25, -0.2) is 0 Å². The van der Waals surface area contributed by atoms with Crippen molar-refractivity contribution in [1.29, 1.82) is 0 Å². The number of nitrogens with one attached hydrogen (secondary N) is 1. The van der Waals surface area contributed by atoms with Crippen molar-refractivity contribution in [2.45, 2.75) is 44.8 Å². The van der Waals surface area contributed by atoms with E-state index in [-0.39, 0.29) is 23.9 Å². The van der Waals surface area contributed by atoms with Crippen LogP contribution in [0, 0.1) is 11.8 Å². The summed E-state index contributed by atoms with van der Waals surface area (Å²) < 4.78 is 10.7. The summed E-state index contributed by atoms with van der Waals surface area (Å²) in [5.41, 5.74) is 1.12. The van der Waals surface area contributed by atoms with E-state index in [0.29, 0.717) is 18.9 Å². The molecular weight excluding hydrogens is 334 g/mol. The standard InChI is InChI=1S/C20H29NO3S/c1-14(19(23-2)17-10-7-11-21-17)18(25)13-16(20(22)24-3)12-15-8-5-4-6-9-15/h4-6,8-9,14,16-17,19,21H,7,10-13H2,1-3H3/t14-,16+,17-,19+/m0/s1. The molecule has 5 heteroatoms. The van der Waals surface area contributed by atoms with E-state index in [1.165, 1.54) is 13.5 Å². The van der Waals surface area contributed by atoms with Gasteiger partial charge in [-0.2, -0.15) is 0 Å². The number of ether oxygens (including phenoxy) is 2. The second-order valence-corrected chi connectivity index (χ2v) is 7.30. The average Bonchev–Trinajstić information content (AvgIpc) is 3.16. The number of thiocarbonyl (C=S) groups is 1. The lowest BCUT2D eigenvalue weighted by atomic mass is 9.87. The normalized spacial score (nSPS) is 20.7. The van der Waals surface area contributed by atoms with Crippen LogP contribution >= 0.6 is 12.2 Å². The zero-order valence-corrected chi connectivity index (χ0v) is 16.2. The van der Waals surface area contributed by atoms with Crippen LogP contribution in [0.15, 0.2) is 30.3 Å². The molecule has 0 radical (unpaired) electrons. The number of carbonyl (C=O) groups is 1. The van der Waals surface area contributed by atoms with Crippen LogP contribution < -0.4 is 5.32 Å². The number of methoxy groups -OCH3 is 2. The molecule has 1 N–H and O–H groups in total. The van der Waals surface area contributed by atoms with Gasteiger partial charge >= 0.3 is 5.97 Å². The minimum absolute atomic E-state index is 0.0463. The fourth-order valence-electron chi connectivity index (χ4n) is 3.62. The van der Waals surface area contributed by atoms with Gasteiger partial charge < -0.3 is 14.8 Å². The predicted molar refractivity (Wildman–Crippen MR) is 104 cm³/mol. The van der Waals surface area contributed by atoms with Gasteiger partial charge in [-0.3, -0.25) is 4.79 Å². The van der Waals surface area contributed by atoms with Crippen molar-refractivity contribution >= 4 is 23.1 Å². The van der Waals surface area contributed by atoms with Gasteiger partial charge in [0.1, 0.15) is 0 Å². The van der Waals surface area contributed by atoms with E-state index in [1.54, 1.807) is 7.11 Å². The molecule has 1 aliphatic heterocycles. The minimum Gasteiger partial charge on any atom is -0.469 e. The maximum Gasteiger partial charge on any atom is 0.309 e. The third kappa shape index (κ3) is 5.59. The van der Waals surface area contributed by atoms with Gasteiger partial charge in [0, 0.05) is 19.1 Å². The molecule has 1 aliphatic rings. The maximum atomic E-state index is 12.2. The molecule has 4 atom stereocenters. The molecule has 0 saturated carbocycles. The van der Waals surface area contributed by atoms with Gasteiger partial charge in [-0.05, 0) is 42.7 Å². The number of benzene rings is 1. The zero-order chi connectivity index (χ0) is 18.2. The largest absolute Gasteiger partial charge is 0.469 e. The van der Waals surface area contributed by atoms with E-state index in [0.717, 1.165) is 23.4 Å². The fourth-order valence-corrected chi connectivity index (χ4v) is 3.96. The van der Waals surface area contributed by atoms with Crippen LogP contribution in [0.5, 0.6) is 0 Å². The van der Waals surface area contributed by atoms with E-state index in [4.69, 9.17) is 21.7 Å². The number of rotatable bonds is 9. The Labute approximate surface area is 156 Å². The molecule has 0 unspecified atom stereocenters. The Balaban J connectivity index is 2.03. The molecular formula is C20H29NO3S. The second-order valence-electron chi connectivity index (χ2n) is 6.77. The Kier molecular flexibility index (Phi) is 8.00. The molecule has 4 nitrogen and oxygen atoms in total. The Morgan fingerprint density at radius 2 is 2.04 bits per heavy atom. The SMILES string of the molecule is COC(=O)[C@@H](CC(=S)[C@H](C)[C@@H](OC)[C@@H]1CCCN1)Cc1ccccc1. The van der Waals surface area contributed by atoms with Gasteiger partial charge in [0.05, 0.1) is 19.1 Å². The lowest BCUT2D eigenvalue weighted by Crippen LogP contribution is -2.43. The first-order valence-corrected chi connectivity index (χ1v) is 9.38. The number of esters is 1. The molecule has 1 aromatic rings. The van der Waals surface area contributed by atoms with Crippen LogP contribution in [0.4, 0.5) is 0 Å². The molecule has 138 valence electrons. The molecule has 0 aromatic heterocycles. The van der Waals surface area contributed by atoms with Crippen LogP contribution in [0.3, 0.4) is 0 Å². The molecule has 0 aliphatic carbocycles. The van der Waals surface area contributed by atoms with Gasteiger partial charge in [0.25, 0.3) is 0 Å². The highest BCUT2D eigenvalue weighted by Crippen LogP contribution is 2.24. The van der Waals surface area contributed by atoms with Crippen LogP contribution in [0.1, 0.15) is 31.7 Å². The first-order chi connectivity index (χ1) is 12.1. The first kappa shape index (κ1) is 20.0. The van der Waals surface area contributed by atoms with Crippen LogP contribution in [-0.4, -0.2) is 43.7 Å². The zero-order valence-electron chi connectivity index (χ0n) is 15.4. The first-order valence-electron chi connectivity index (χ1n) is 8.97. The molecule has 1 heterocycles.